The molecule has 3 heteroatoms. The van der Waals surface area contributed by atoms with Gasteiger partial charge in [0.25, 0.3) is 0 Å². The van der Waals surface area contributed by atoms with E-state index in [0.29, 0.717) is 0 Å². The molecule has 0 atom stereocenters. The summed E-state index contributed by atoms with van der Waals surface area (Å²) in [6, 6.07) is 8.42. The van der Waals surface area contributed by atoms with E-state index in [1.54, 1.807) is 0 Å². The molecule has 0 aliphatic carbocycles. The molecule has 0 spiro atoms. The van der Waals surface area contributed by atoms with Crippen LogP contribution in [0.15, 0.2) is 24.3 Å². The molecule has 2 aromatic rings. The molecular formula is C11H11N3. The Morgan fingerprint density at radius 3 is 3.00 bits per heavy atom. The Balaban J connectivity index is 2.29. The second-order valence-electron chi connectivity index (χ2n) is 3.63. The number of hydrogen-bond acceptors (Lipinski definition) is 2. The van der Waals surface area contributed by atoms with Crippen molar-refractivity contribution in [3.8, 4) is 11.4 Å². The van der Waals surface area contributed by atoms with Crippen LogP contribution in [-0.2, 0) is 13.0 Å². The predicted octanol–water partition coefficient (Wildman–Crippen LogP) is 1.81. The average Bonchev–Trinajstić information content (AvgIpc) is 2.61. The van der Waals surface area contributed by atoms with E-state index in [4.69, 9.17) is 0 Å². The first-order valence-electron chi connectivity index (χ1n) is 4.84. The van der Waals surface area contributed by atoms with Gasteiger partial charge in [-0.1, -0.05) is 24.3 Å². The number of fused-ring (bicyclic) bond motifs is 3. The van der Waals surface area contributed by atoms with Gasteiger partial charge in [-0.15, -0.1) is 10.2 Å². The molecule has 0 radical (unpaired) electrons. The third kappa shape index (κ3) is 0.923. The Kier molecular flexibility index (Phi) is 1.48. The maximum atomic E-state index is 4.21. The minimum Gasteiger partial charge on any atom is -0.311 e. The molecule has 0 N–H and O–H groups in total. The number of aromatic nitrogens is 3. The molecule has 0 saturated heterocycles. The molecule has 1 aliphatic rings. The summed E-state index contributed by atoms with van der Waals surface area (Å²) in [4.78, 5) is 0. The summed E-state index contributed by atoms with van der Waals surface area (Å²) in [6.45, 7) is 3.01. The van der Waals surface area contributed by atoms with Gasteiger partial charge in [0.1, 0.15) is 5.82 Å². The van der Waals surface area contributed by atoms with Crippen molar-refractivity contribution in [1.82, 2.24) is 14.8 Å². The molecule has 1 aliphatic heterocycles. The van der Waals surface area contributed by atoms with Crippen molar-refractivity contribution in [1.29, 1.82) is 0 Å². The second-order valence-corrected chi connectivity index (χ2v) is 3.63. The van der Waals surface area contributed by atoms with Crippen molar-refractivity contribution in [2.75, 3.05) is 0 Å². The van der Waals surface area contributed by atoms with E-state index in [9.17, 15) is 0 Å². The first-order valence-corrected chi connectivity index (χ1v) is 4.84. The van der Waals surface area contributed by atoms with Crippen LogP contribution in [0, 0.1) is 6.92 Å². The summed E-state index contributed by atoms with van der Waals surface area (Å²) in [5, 5.41) is 8.32. The molecule has 0 saturated carbocycles. The Labute approximate surface area is 82.4 Å². The van der Waals surface area contributed by atoms with Crippen LogP contribution in [0.2, 0.25) is 0 Å². The summed E-state index contributed by atoms with van der Waals surface area (Å²) in [5.41, 5.74) is 2.62. The summed E-state index contributed by atoms with van der Waals surface area (Å²) in [5.74, 6) is 2.03. The molecule has 0 bridgehead atoms. The molecule has 0 fully saturated rings. The normalized spacial score (nSPS) is 13.5. The highest BCUT2D eigenvalue weighted by molar-refractivity contribution is 5.62. The third-order valence-electron chi connectivity index (χ3n) is 2.80. The Morgan fingerprint density at radius 2 is 2.07 bits per heavy atom. The van der Waals surface area contributed by atoms with Crippen LogP contribution in [-0.4, -0.2) is 14.8 Å². The first-order chi connectivity index (χ1) is 6.86. The fraction of sp³-hybridized carbons (Fsp3) is 0.273. The van der Waals surface area contributed by atoms with Gasteiger partial charge in [-0.2, -0.15) is 0 Å². The van der Waals surface area contributed by atoms with Crippen LogP contribution < -0.4 is 0 Å². The van der Waals surface area contributed by atoms with Gasteiger partial charge in [0.05, 0.1) is 0 Å². The van der Waals surface area contributed by atoms with E-state index in [1.807, 2.05) is 6.92 Å². The molecule has 3 rings (SSSR count). The molecule has 3 nitrogen and oxygen atoms in total. The van der Waals surface area contributed by atoms with Crippen LogP contribution in [0.1, 0.15) is 11.4 Å². The quantitative estimate of drug-likeness (QED) is 0.626. The van der Waals surface area contributed by atoms with Crippen molar-refractivity contribution in [2.24, 2.45) is 0 Å². The minimum atomic E-state index is 1.01. The van der Waals surface area contributed by atoms with Gasteiger partial charge in [0.2, 0.25) is 0 Å². The molecule has 14 heavy (non-hydrogen) atoms. The molecule has 0 amide bonds. The van der Waals surface area contributed by atoms with Crippen molar-refractivity contribution in [3.63, 3.8) is 0 Å². The summed E-state index contributed by atoms with van der Waals surface area (Å²) >= 11 is 0. The largest absolute Gasteiger partial charge is 0.311 e. The molecule has 1 aromatic heterocycles. The monoisotopic (exact) mass is 185 g/mol. The fourth-order valence-electron chi connectivity index (χ4n) is 2.04. The third-order valence-corrected chi connectivity index (χ3v) is 2.80. The van der Waals surface area contributed by atoms with E-state index in [2.05, 4.69) is 39.0 Å². The van der Waals surface area contributed by atoms with Crippen molar-refractivity contribution in [3.05, 3.63) is 35.7 Å². The highest BCUT2D eigenvalue weighted by Gasteiger charge is 2.18. The maximum absolute atomic E-state index is 4.21. The first kappa shape index (κ1) is 7.74. The highest BCUT2D eigenvalue weighted by Crippen LogP contribution is 2.27. The number of rotatable bonds is 0. The van der Waals surface area contributed by atoms with Gasteiger partial charge < -0.3 is 4.57 Å². The zero-order chi connectivity index (χ0) is 9.54. The Bertz CT molecular complexity index is 485. The van der Waals surface area contributed by atoms with E-state index < -0.39 is 0 Å². The standard InChI is InChI=1S/C11H11N3/c1-8-12-13-11-10-5-3-2-4-9(10)6-7-14(8)11/h2-5H,6-7H2,1H3. The summed E-state index contributed by atoms with van der Waals surface area (Å²) < 4.78 is 2.18. The fourth-order valence-corrected chi connectivity index (χ4v) is 2.04. The lowest BCUT2D eigenvalue weighted by Crippen LogP contribution is -2.11. The van der Waals surface area contributed by atoms with Crippen LogP contribution in [0.5, 0.6) is 0 Å². The van der Waals surface area contributed by atoms with Gasteiger partial charge in [0, 0.05) is 12.1 Å². The van der Waals surface area contributed by atoms with E-state index in [0.717, 1.165) is 24.6 Å². The number of nitrogens with zero attached hydrogens (tertiary/aromatic N) is 3. The van der Waals surface area contributed by atoms with Gasteiger partial charge in [-0.05, 0) is 18.9 Å². The number of aryl methyl sites for hydroxylation is 2. The van der Waals surface area contributed by atoms with Crippen LogP contribution in [0.4, 0.5) is 0 Å². The Morgan fingerprint density at radius 1 is 1.21 bits per heavy atom. The predicted molar refractivity (Wildman–Crippen MR) is 53.9 cm³/mol. The smallest absolute Gasteiger partial charge is 0.164 e. The van der Waals surface area contributed by atoms with E-state index in [1.165, 1.54) is 11.1 Å². The minimum absolute atomic E-state index is 1.01. The SMILES string of the molecule is Cc1nnc2n1CCc1ccccc1-2. The van der Waals surface area contributed by atoms with Crippen molar-refractivity contribution in [2.45, 2.75) is 19.9 Å². The lowest BCUT2D eigenvalue weighted by molar-refractivity contribution is 0.662. The van der Waals surface area contributed by atoms with Crippen LogP contribution in [0.25, 0.3) is 11.4 Å². The van der Waals surface area contributed by atoms with Crippen LogP contribution >= 0.6 is 0 Å². The lowest BCUT2D eigenvalue weighted by atomic mass is 10.0. The number of hydrogen-bond donors (Lipinski definition) is 0. The van der Waals surface area contributed by atoms with E-state index in [-0.39, 0.29) is 0 Å². The van der Waals surface area contributed by atoms with Gasteiger partial charge in [-0.25, -0.2) is 0 Å². The second kappa shape index (κ2) is 2.67. The molecular weight excluding hydrogens is 174 g/mol. The van der Waals surface area contributed by atoms with Crippen molar-refractivity contribution >= 4 is 0 Å². The van der Waals surface area contributed by atoms with E-state index >= 15 is 0 Å². The maximum Gasteiger partial charge on any atom is 0.164 e. The highest BCUT2D eigenvalue weighted by atomic mass is 15.3. The Hall–Kier alpha value is -1.64. The summed E-state index contributed by atoms with van der Waals surface area (Å²) in [6.07, 6.45) is 1.09. The zero-order valence-electron chi connectivity index (χ0n) is 8.07. The molecule has 0 unspecified atom stereocenters. The topological polar surface area (TPSA) is 30.7 Å². The summed E-state index contributed by atoms with van der Waals surface area (Å²) in [7, 11) is 0. The van der Waals surface area contributed by atoms with Crippen LogP contribution in [0.3, 0.4) is 0 Å². The molecule has 2 heterocycles. The van der Waals surface area contributed by atoms with Gasteiger partial charge >= 0.3 is 0 Å². The average molecular weight is 185 g/mol. The van der Waals surface area contributed by atoms with Gasteiger partial charge in [-0.3, -0.25) is 0 Å². The molecule has 1 aromatic carbocycles. The number of benzene rings is 1. The van der Waals surface area contributed by atoms with Gasteiger partial charge in [0.15, 0.2) is 5.82 Å². The molecule has 70 valence electrons. The zero-order valence-corrected chi connectivity index (χ0v) is 8.07. The lowest BCUT2D eigenvalue weighted by Gasteiger charge is -2.17. The van der Waals surface area contributed by atoms with Crippen molar-refractivity contribution < 1.29 is 0 Å².